The van der Waals surface area contributed by atoms with Gasteiger partial charge in [-0.15, -0.1) is 22.7 Å². The van der Waals surface area contributed by atoms with E-state index in [0.717, 1.165) is 0 Å². The minimum absolute atomic E-state index is 0.00516. The number of nitrogens with zero attached hydrogens (tertiary/aromatic N) is 3. The second-order valence-corrected chi connectivity index (χ2v) is 8.94. The number of aromatic nitrogens is 3. The van der Waals surface area contributed by atoms with Gasteiger partial charge in [-0.3, -0.25) is 19.2 Å². The van der Waals surface area contributed by atoms with E-state index in [-0.39, 0.29) is 48.7 Å². The van der Waals surface area contributed by atoms with E-state index in [1.54, 1.807) is 10.8 Å². The maximum Gasteiger partial charge on any atom is 0.273 e. The van der Waals surface area contributed by atoms with E-state index in [4.69, 9.17) is 10.2 Å². The molecule has 3 rings (SSSR count). The molecule has 0 fully saturated rings. The first kappa shape index (κ1) is 25.9. The lowest BCUT2D eigenvalue weighted by Gasteiger charge is -2.04. The molecule has 0 aliphatic heterocycles. The Labute approximate surface area is 207 Å². The first-order chi connectivity index (χ1) is 16.9. The summed E-state index contributed by atoms with van der Waals surface area (Å²) < 4.78 is 5.31. The predicted octanol–water partition coefficient (Wildman–Crippen LogP) is 0.0155. The fourth-order valence-electron chi connectivity index (χ4n) is 2.56. The van der Waals surface area contributed by atoms with E-state index in [1.165, 1.54) is 35.9 Å². The van der Waals surface area contributed by atoms with E-state index in [2.05, 4.69) is 36.2 Å². The van der Waals surface area contributed by atoms with Crippen LogP contribution in [0.25, 0.3) is 11.6 Å². The SMILES string of the molecule is CC(=O)NCc1nc(-c2nc(C(=O)NCC(=O)NCc3nc(C(=O)NCCCN)cs3)co2)cs1. The number of hydrogen-bond donors (Lipinski definition) is 5. The topological polar surface area (TPSA) is 194 Å². The summed E-state index contributed by atoms with van der Waals surface area (Å²) in [6.45, 7) is 2.49. The van der Waals surface area contributed by atoms with Gasteiger partial charge in [-0.05, 0) is 13.0 Å². The zero-order valence-electron chi connectivity index (χ0n) is 18.8. The first-order valence-electron chi connectivity index (χ1n) is 10.5. The van der Waals surface area contributed by atoms with E-state index in [1.807, 2.05) is 0 Å². The smallest absolute Gasteiger partial charge is 0.273 e. The lowest BCUT2D eigenvalue weighted by molar-refractivity contribution is -0.120. The van der Waals surface area contributed by atoms with E-state index in [9.17, 15) is 19.2 Å². The lowest BCUT2D eigenvalue weighted by atomic mass is 10.4. The van der Waals surface area contributed by atoms with Crippen LogP contribution >= 0.6 is 22.7 Å². The average molecular weight is 521 g/mol. The zero-order valence-corrected chi connectivity index (χ0v) is 20.4. The summed E-state index contributed by atoms with van der Waals surface area (Å²) >= 11 is 2.56. The molecule has 0 spiro atoms. The lowest BCUT2D eigenvalue weighted by Crippen LogP contribution is -2.36. The molecule has 3 aromatic heterocycles. The Bertz CT molecular complexity index is 1190. The number of hydrogen-bond acceptors (Lipinski definition) is 11. The minimum atomic E-state index is -0.588. The summed E-state index contributed by atoms with van der Waals surface area (Å²) in [6.07, 6.45) is 1.84. The number of carbonyl (C=O) groups is 4. The molecule has 15 heteroatoms. The first-order valence-corrected chi connectivity index (χ1v) is 12.2. The second kappa shape index (κ2) is 12.7. The monoisotopic (exact) mass is 520 g/mol. The minimum Gasteiger partial charge on any atom is -0.442 e. The molecule has 0 aromatic carbocycles. The predicted molar refractivity (Wildman–Crippen MR) is 127 cm³/mol. The van der Waals surface area contributed by atoms with Crippen molar-refractivity contribution < 1.29 is 23.6 Å². The molecule has 3 heterocycles. The Morgan fingerprint density at radius 1 is 0.914 bits per heavy atom. The zero-order chi connectivity index (χ0) is 25.2. The van der Waals surface area contributed by atoms with Gasteiger partial charge < -0.3 is 31.4 Å². The van der Waals surface area contributed by atoms with Crippen LogP contribution in [0.5, 0.6) is 0 Å². The van der Waals surface area contributed by atoms with E-state index >= 15 is 0 Å². The molecule has 3 aromatic rings. The Morgan fingerprint density at radius 3 is 2.40 bits per heavy atom. The molecule has 0 atom stereocenters. The Hall–Kier alpha value is -3.69. The summed E-state index contributed by atoms with van der Waals surface area (Å²) in [5, 5.41) is 15.0. The van der Waals surface area contributed by atoms with Crippen molar-refractivity contribution in [3.05, 3.63) is 38.4 Å². The third kappa shape index (κ3) is 7.94. The van der Waals surface area contributed by atoms with Crippen LogP contribution in [0.2, 0.25) is 0 Å². The van der Waals surface area contributed by atoms with Crippen molar-refractivity contribution in [3.63, 3.8) is 0 Å². The highest BCUT2D eigenvalue weighted by Crippen LogP contribution is 2.21. The maximum atomic E-state index is 12.3. The van der Waals surface area contributed by atoms with Gasteiger partial charge in [0.15, 0.2) is 5.69 Å². The van der Waals surface area contributed by atoms with Crippen LogP contribution in [0.4, 0.5) is 0 Å². The van der Waals surface area contributed by atoms with Crippen LogP contribution in [0.15, 0.2) is 21.4 Å². The molecule has 0 saturated carbocycles. The van der Waals surface area contributed by atoms with Gasteiger partial charge in [0.2, 0.25) is 17.7 Å². The summed E-state index contributed by atoms with van der Waals surface area (Å²) in [7, 11) is 0. The number of thiazole rings is 2. The van der Waals surface area contributed by atoms with Crippen molar-refractivity contribution in [2.75, 3.05) is 19.6 Å². The van der Waals surface area contributed by atoms with Crippen LogP contribution in [0.1, 0.15) is 44.3 Å². The van der Waals surface area contributed by atoms with E-state index < -0.39 is 11.8 Å². The third-order valence-corrected chi connectivity index (χ3v) is 5.99. The van der Waals surface area contributed by atoms with Gasteiger partial charge in [0.05, 0.1) is 19.6 Å². The van der Waals surface area contributed by atoms with Crippen LogP contribution < -0.4 is 27.0 Å². The van der Waals surface area contributed by atoms with Crippen LogP contribution in [0, 0.1) is 0 Å². The van der Waals surface area contributed by atoms with Crippen molar-refractivity contribution >= 4 is 46.3 Å². The quantitative estimate of drug-likeness (QED) is 0.205. The Kier molecular flexibility index (Phi) is 9.39. The Balaban J connectivity index is 1.42. The van der Waals surface area contributed by atoms with Gasteiger partial charge in [0, 0.05) is 24.2 Å². The maximum absolute atomic E-state index is 12.3. The standard InChI is InChI=1S/C20H24N8O5S2/c1-11(29)23-6-16-27-14(10-35-16)20-28-12(8-33-20)18(31)25-5-15(30)24-7-17-26-13(9-34-17)19(32)22-4-2-3-21/h8-10H,2-7,21H2,1H3,(H,22,32)(H,23,29)(H,24,30)(H,25,31). The number of nitrogens with one attached hydrogen (secondary N) is 4. The number of rotatable bonds is 12. The molecule has 6 N–H and O–H groups in total. The molecule has 35 heavy (non-hydrogen) atoms. The molecule has 0 aliphatic rings. The molecule has 0 saturated heterocycles. The van der Waals surface area contributed by atoms with Crippen molar-refractivity contribution in [2.24, 2.45) is 5.73 Å². The highest BCUT2D eigenvalue weighted by molar-refractivity contribution is 7.10. The largest absolute Gasteiger partial charge is 0.442 e. The molecule has 0 bridgehead atoms. The fraction of sp³-hybridized carbons (Fsp3) is 0.350. The van der Waals surface area contributed by atoms with Crippen molar-refractivity contribution in [3.8, 4) is 11.6 Å². The molecular weight excluding hydrogens is 496 g/mol. The van der Waals surface area contributed by atoms with Gasteiger partial charge in [0.25, 0.3) is 11.8 Å². The molecule has 0 aliphatic carbocycles. The summed E-state index contributed by atoms with van der Waals surface area (Å²) in [5.74, 6) is -1.34. The summed E-state index contributed by atoms with van der Waals surface area (Å²) in [4.78, 5) is 59.9. The third-order valence-electron chi connectivity index (χ3n) is 4.29. The number of carbonyl (C=O) groups excluding carboxylic acids is 4. The van der Waals surface area contributed by atoms with Crippen molar-refractivity contribution in [1.29, 1.82) is 0 Å². The summed E-state index contributed by atoms with van der Waals surface area (Å²) in [5.41, 5.74) is 6.09. The van der Waals surface area contributed by atoms with Crippen molar-refractivity contribution in [2.45, 2.75) is 26.4 Å². The molecule has 186 valence electrons. The van der Waals surface area contributed by atoms with Gasteiger partial charge in [-0.2, -0.15) is 0 Å². The molecular formula is C20H24N8O5S2. The Morgan fingerprint density at radius 2 is 1.63 bits per heavy atom. The molecule has 4 amide bonds. The molecule has 0 radical (unpaired) electrons. The average Bonchev–Trinajstić information content (AvgIpc) is 3.60. The van der Waals surface area contributed by atoms with Gasteiger partial charge >= 0.3 is 0 Å². The van der Waals surface area contributed by atoms with Gasteiger partial charge in [-0.1, -0.05) is 0 Å². The fourth-order valence-corrected chi connectivity index (χ4v) is 3.99. The molecule has 0 unspecified atom stereocenters. The van der Waals surface area contributed by atoms with Crippen molar-refractivity contribution in [1.82, 2.24) is 36.2 Å². The van der Waals surface area contributed by atoms with Gasteiger partial charge in [-0.25, -0.2) is 15.0 Å². The highest BCUT2D eigenvalue weighted by Gasteiger charge is 2.17. The van der Waals surface area contributed by atoms with Crippen LogP contribution in [-0.4, -0.2) is 58.2 Å². The number of nitrogens with two attached hydrogens (primary N) is 1. The highest BCUT2D eigenvalue weighted by atomic mass is 32.1. The van der Waals surface area contributed by atoms with Crippen LogP contribution in [-0.2, 0) is 22.7 Å². The van der Waals surface area contributed by atoms with Crippen LogP contribution in [0.3, 0.4) is 0 Å². The normalized spacial score (nSPS) is 10.6. The number of amides is 4. The van der Waals surface area contributed by atoms with Gasteiger partial charge in [0.1, 0.15) is 27.7 Å². The second-order valence-electron chi connectivity index (χ2n) is 7.06. The number of oxazole rings is 1. The van der Waals surface area contributed by atoms with E-state index in [0.29, 0.717) is 35.2 Å². The summed E-state index contributed by atoms with van der Waals surface area (Å²) in [6, 6.07) is 0. The molecule has 13 nitrogen and oxygen atoms in total.